The summed E-state index contributed by atoms with van der Waals surface area (Å²) in [5.74, 6) is 0.229. The number of aliphatic hydroxyl groups excluding tert-OH is 1. The predicted octanol–water partition coefficient (Wildman–Crippen LogP) is 3.88. The van der Waals surface area contributed by atoms with Crippen molar-refractivity contribution in [2.45, 2.75) is 43.9 Å². The number of rotatable bonds is 2. The number of sulfone groups is 1. The highest BCUT2D eigenvalue weighted by Crippen LogP contribution is 2.29. The molecule has 0 aromatic heterocycles. The molecule has 1 aromatic rings. The summed E-state index contributed by atoms with van der Waals surface area (Å²) in [7, 11) is -3.44. The normalized spacial score (nSPS) is 16.6. The van der Waals surface area contributed by atoms with E-state index in [2.05, 4.69) is 20.8 Å². The van der Waals surface area contributed by atoms with Crippen LogP contribution >= 0.6 is 0 Å². The molecule has 1 N–H and O–H groups in total. The van der Waals surface area contributed by atoms with Gasteiger partial charge in [-0.1, -0.05) is 32.9 Å². The Hall–Kier alpha value is -1.55. The number of hydrogen-bond donors (Lipinski definition) is 1. The van der Waals surface area contributed by atoms with Crippen LogP contribution in [-0.4, -0.2) is 13.5 Å². The van der Waals surface area contributed by atoms with Crippen LogP contribution in [0.4, 0.5) is 0 Å². The monoisotopic (exact) mass is 292 g/mol. The highest BCUT2D eigenvalue weighted by atomic mass is 32.2. The van der Waals surface area contributed by atoms with Gasteiger partial charge in [-0.3, -0.25) is 0 Å². The smallest absolute Gasteiger partial charge is 0.202 e. The van der Waals surface area contributed by atoms with Crippen LogP contribution < -0.4 is 0 Å². The first-order valence-corrected chi connectivity index (χ1v) is 8.14. The quantitative estimate of drug-likeness (QED) is 0.900. The van der Waals surface area contributed by atoms with E-state index < -0.39 is 9.84 Å². The Bertz CT molecular complexity index is 657. The van der Waals surface area contributed by atoms with Crippen LogP contribution in [0.1, 0.15) is 39.2 Å². The van der Waals surface area contributed by atoms with Gasteiger partial charge in [-0.25, -0.2) is 8.42 Å². The molecule has 2 rings (SSSR count). The summed E-state index contributed by atoms with van der Waals surface area (Å²) in [6.45, 7) is 6.27. The first-order chi connectivity index (χ1) is 9.21. The largest absolute Gasteiger partial charge is 0.512 e. The Labute approximate surface area is 120 Å². The maximum absolute atomic E-state index is 12.5. The Morgan fingerprint density at radius 3 is 2.05 bits per heavy atom. The Balaban J connectivity index is 2.36. The molecule has 0 aliphatic heterocycles. The van der Waals surface area contributed by atoms with Gasteiger partial charge >= 0.3 is 0 Å². The van der Waals surface area contributed by atoms with Crippen molar-refractivity contribution in [2.75, 3.05) is 0 Å². The van der Waals surface area contributed by atoms with Crippen LogP contribution in [0, 0.1) is 0 Å². The van der Waals surface area contributed by atoms with Crippen molar-refractivity contribution in [1.82, 2.24) is 0 Å². The van der Waals surface area contributed by atoms with Crippen LogP contribution in [0.3, 0.4) is 0 Å². The fourth-order valence-electron chi connectivity index (χ4n) is 2.12. The predicted molar refractivity (Wildman–Crippen MR) is 80.4 cm³/mol. The number of aliphatic hydroxyl groups is 1. The molecule has 0 saturated carbocycles. The van der Waals surface area contributed by atoms with Crippen LogP contribution in [0.25, 0.3) is 0 Å². The Morgan fingerprint density at radius 1 is 1.00 bits per heavy atom. The number of allylic oxidation sites excluding steroid dienone is 4. The van der Waals surface area contributed by atoms with E-state index in [4.69, 9.17) is 0 Å². The zero-order valence-electron chi connectivity index (χ0n) is 12.1. The summed E-state index contributed by atoms with van der Waals surface area (Å²) in [6.07, 6.45) is 3.68. The van der Waals surface area contributed by atoms with Gasteiger partial charge in [0.15, 0.2) is 0 Å². The lowest BCUT2D eigenvalue weighted by Crippen LogP contribution is -2.12. The van der Waals surface area contributed by atoms with Gasteiger partial charge in [0.25, 0.3) is 0 Å². The SMILES string of the molecule is CC(C)(C)c1ccc(S(=O)(=O)C2=CC=C(O)CC2)cc1. The molecule has 1 aromatic carbocycles. The first kappa shape index (κ1) is 14.9. The van der Waals surface area contributed by atoms with E-state index >= 15 is 0 Å². The second kappa shape index (κ2) is 5.09. The van der Waals surface area contributed by atoms with E-state index in [0.717, 1.165) is 5.56 Å². The average molecular weight is 292 g/mol. The minimum absolute atomic E-state index is 0.000918. The van der Waals surface area contributed by atoms with Crippen molar-refractivity contribution < 1.29 is 13.5 Å². The lowest BCUT2D eigenvalue weighted by Gasteiger charge is -2.19. The van der Waals surface area contributed by atoms with Crippen LogP contribution in [0.2, 0.25) is 0 Å². The van der Waals surface area contributed by atoms with E-state index in [9.17, 15) is 13.5 Å². The summed E-state index contributed by atoms with van der Waals surface area (Å²) in [5, 5.41) is 9.31. The number of hydrogen-bond acceptors (Lipinski definition) is 3. The lowest BCUT2D eigenvalue weighted by atomic mass is 9.87. The molecule has 20 heavy (non-hydrogen) atoms. The standard InChI is InChI=1S/C16H20O3S/c1-16(2,3)12-4-8-14(9-5-12)20(18,19)15-10-6-13(17)7-11-15/h4-6,8-10,17H,7,11H2,1-3H3. The molecule has 0 spiro atoms. The molecule has 3 nitrogen and oxygen atoms in total. The van der Waals surface area contributed by atoms with Crippen molar-refractivity contribution in [3.63, 3.8) is 0 Å². The molecule has 0 bridgehead atoms. The van der Waals surface area contributed by atoms with Gasteiger partial charge in [0.2, 0.25) is 9.84 Å². The van der Waals surface area contributed by atoms with Gasteiger partial charge in [-0.05, 0) is 41.7 Å². The minimum Gasteiger partial charge on any atom is -0.512 e. The van der Waals surface area contributed by atoms with E-state index in [0.29, 0.717) is 22.6 Å². The fourth-order valence-corrected chi connectivity index (χ4v) is 3.53. The van der Waals surface area contributed by atoms with Gasteiger partial charge in [0.05, 0.1) is 10.7 Å². The molecular formula is C16H20O3S. The van der Waals surface area contributed by atoms with Crippen molar-refractivity contribution in [3.05, 3.63) is 52.6 Å². The summed E-state index contributed by atoms with van der Waals surface area (Å²) in [5.41, 5.74) is 1.10. The molecular weight excluding hydrogens is 272 g/mol. The lowest BCUT2D eigenvalue weighted by molar-refractivity contribution is 0.387. The molecule has 0 fully saturated rings. The highest BCUT2D eigenvalue weighted by molar-refractivity contribution is 7.95. The summed E-state index contributed by atoms with van der Waals surface area (Å²) in [6, 6.07) is 7.05. The molecule has 0 heterocycles. The molecule has 4 heteroatoms. The molecule has 108 valence electrons. The second-order valence-electron chi connectivity index (χ2n) is 6.07. The first-order valence-electron chi connectivity index (χ1n) is 6.65. The van der Waals surface area contributed by atoms with E-state index in [1.54, 1.807) is 12.1 Å². The van der Waals surface area contributed by atoms with Crippen LogP contribution in [0.5, 0.6) is 0 Å². The molecule has 0 amide bonds. The molecule has 0 saturated heterocycles. The van der Waals surface area contributed by atoms with E-state index in [1.807, 2.05) is 12.1 Å². The molecule has 0 unspecified atom stereocenters. The zero-order valence-corrected chi connectivity index (χ0v) is 12.9. The third-order valence-electron chi connectivity index (χ3n) is 3.46. The second-order valence-corrected chi connectivity index (χ2v) is 8.07. The highest BCUT2D eigenvalue weighted by Gasteiger charge is 2.23. The van der Waals surface area contributed by atoms with Crippen molar-refractivity contribution in [2.24, 2.45) is 0 Å². The van der Waals surface area contributed by atoms with Crippen LogP contribution in [-0.2, 0) is 15.3 Å². The third kappa shape index (κ3) is 2.96. The zero-order chi connectivity index (χ0) is 15.0. The van der Waals surface area contributed by atoms with Crippen LogP contribution in [0.15, 0.2) is 52.0 Å². The minimum atomic E-state index is -3.44. The molecule has 1 aliphatic rings. The van der Waals surface area contributed by atoms with Crippen molar-refractivity contribution in [1.29, 1.82) is 0 Å². The van der Waals surface area contributed by atoms with Gasteiger partial charge < -0.3 is 5.11 Å². The maximum atomic E-state index is 12.5. The third-order valence-corrected chi connectivity index (χ3v) is 5.39. The average Bonchev–Trinajstić information content (AvgIpc) is 2.38. The topological polar surface area (TPSA) is 54.4 Å². The van der Waals surface area contributed by atoms with Gasteiger partial charge in [0.1, 0.15) is 0 Å². The van der Waals surface area contributed by atoms with Gasteiger partial charge in [0, 0.05) is 11.3 Å². The van der Waals surface area contributed by atoms with E-state index in [-0.39, 0.29) is 11.2 Å². The summed E-state index contributed by atoms with van der Waals surface area (Å²) < 4.78 is 25.0. The van der Waals surface area contributed by atoms with Crippen molar-refractivity contribution >= 4 is 9.84 Å². The Kier molecular flexibility index (Phi) is 3.78. The summed E-state index contributed by atoms with van der Waals surface area (Å²) >= 11 is 0. The maximum Gasteiger partial charge on any atom is 0.202 e. The summed E-state index contributed by atoms with van der Waals surface area (Å²) in [4.78, 5) is 0.672. The Morgan fingerprint density at radius 2 is 1.60 bits per heavy atom. The van der Waals surface area contributed by atoms with E-state index in [1.165, 1.54) is 12.2 Å². The molecule has 1 aliphatic carbocycles. The van der Waals surface area contributed by atoms with Gasteiger partial charge in [-0.15, -0.1) is 0 Å². The van der Waals surface area contributed by atoms with Crippen molar-refractivity contribution in [3.8, 4) is 0 Å². The molecule has 0 atom stereocenters. The fraction of sp³-hybridized carbons (Fsp3) is 0.375. The van der Waals surface area contributed by atoms with Gasteiger partial charge in [-0.2, -0.15) is 0 Å². The number of benzene rings is 1. The molecule has 0 radical (unpaired) electrons.